The lowest BCUT2D eigenvalue weighted by Gasteiger charge is -2.18. The second-order valence-electron chi connectivity index (χ2n) is 3.47. The van der Waals surface area contributed by atoms with E-state index in [1.54, 1.807) is 0 Å². The van der Waals surface area contributed by atoms with Crippen molar-refractivity contribution in [1.82, 2.24) is 0 Å². The van der Waals surface area contributed by atoms with Crippen LogP contribution in [-0.4, -0.2) is 11.1 Å². The first-order valence-corrected chi connectivity index (χ1v) is 5.30. The topological polar surface area (TPSA) is 37.3 Å². The zero-order chi connectivity index (χ0) is 14.1. The third-order valence-corrected chi connectivity index (χ3v) is 2.75. The molecule has 0 aliphatic carbocycles. The Hall–Kier alpha value is -1.18. The molecule has 0 aliphatic rings. The number of rotatable bonds is 3. The van der Waals surface area contributed by atoms with Crippen molar-refractivity contribution in [3.05, 3.63) is 33.8 Å². The maximum atomic E-state index is 13.5. The largest absolute Gasteiger partial charge is 0.481 e. The number of aliphatic carboxylic acids is 1. The van der Waals surface area contributed by atoms with Crippen molar-refractivity contribution < 1.29 is 31.9 Å². The number of hydrogen-bond acceptors (Lipinski definition) is 1. The molecule has 0 bridgehead atoms. The second kappa shape index (κ2) is 4.83. The van der Waals surface area contributed by atoms with E-state index in [1.807, 2.05) is 0 Å². The molecule has 8 heteroatoms. The highest BCUT2D eigenvalue weighted by atomic mass is 79.9. The van der Waals surface area contributed by atoms with Gasteiger partial charge in [0.1, 0.15) is 6.42 Å². The molecule has 2 nitrogen and oxygen atoms in total. The molecule has 0 atom stereocenters. The van der Waals surface area contributed by atoms with Crippen molar-refractivity contribution in [3.63, 3.8) is 0 Å². The molecule has 0 unspecified atom stereocenters. The predicted octanol–water partition coefficient (Wildman–Crippen LogP) is 4.03. The van der Waals surface area contributed by atoms with Gasteiger partial charge in [0, 0.05) is 10.0 Å². The highest BCUT2D eigenvalue weighted by molar-refractivity contribution is 9.10. The maximum absolute atomic E-state index is 13.5. The molecule has 0 amide bonds. The minimum atomic E-state index is -4.77. The summed E-state index contributed by atoms with van der Waals surface area (Å²) in [5, 5.41) is 8.31. The molecule has 100 valence electrons. The van der Waals surface area contributed by atoms with Gasteiger partial charge in [-0.3, -0.25) is 4.79 Å². The zero-order valence-electron chi connectivity index (χ0n) is 8.56. The number of carboxylic acid groups (broad SMARTS) is 1. The van der Waals surface area contributed by atoms with Gasteiger partial charge in [0.15, 0.2) is 0 Å². The third kappa shape index (κ3) is 3.41. The number of carbonyl (C=O) groups is 1. The molecule has 0 radical (unpaired) electrons. The van der Waals surface area contributed by atoms with Crippen molar-refractivity contribution in [3.8, 4) is 0 Å². The fourth-order valence-electron chi connectivity index (χ4n) is 1.27. The Labute approximate surface area is 107 Å². The van der Waals surface area contributed by atoms with E-state index in [0.717, 1.165) is 6.07 Å². The molecule has 0 spiro atoms. The van der Waals surface area contributed by atoms with Gasteiger partial charge < -0.3 is 5.11 Å². The summed E-state index contributed by atoms with van der Waals surface area (Å²) in [7, 11) is 0. The Morgan fingerprint density at radius 3 is 2.22 bits per heavy atom. The first-order chi connectivity index (χ1) is 8.04. The molecule has 1 rings (SSSR count). The van der Waals surface area contributed by atoms with Crippen LogP contribution in [0.15, 0.2) is 22.7 Å². The molecule has 0 saturated carbocycles. The van der Waals surface area contributed by atoms with Crippen molar-refractivity contribution in [2.45, 2.75) is 18.5 Å². The Bertz CT molecular complexity index is 470. The van der Waals surface area contributed by atoms with Gasteiger partial charge in [-0.2, -0.15) is 13.2 Å². The highest BCUT2D eigenvalue weighted by Crippen LogP contribution is 2.40. The Morgan fingerprint density at radius 2 is 1.78 bits per heavy atom. The van der Waals surface area contributed by atoms with Crippen molar-refractivity contribution >= 4 is 21.9 Å². The molecule has 1 aromatic carbocycles. The van der Waals surface area contributed by atoms with Crippen LogP contribution in [0.5, 0.6) is 0 Å². The maximum Gasteiger partial charge on any atom is 0.416 e. The number of carboxylic acids is 1. The molecule has 1 aromatic rings. The summed E-state index contributed by atoms with van der Waals surface area (Å²) in [6, 6.07) is 1.69. The average molecular weight is 333 g/mol. The lowest BCUT2D eigenvalue weighted by atomic mass is 10.0. The Balaban J connectivity index is 3.27. The summed E-state index contributed by atoms with van der Waals surface area (Å²) in [5.41, 5.74) is -2.26. The second-order valence-corrected chi connectivity index (χ2v) is 4.32. The van der Waals surface area contributed by atoms with E-state index in [4.69, 9.17) is 5.11 Å². The van der Waals surface area contributed by atoms with Crippen LogP contribution < -0.4 is 0 Å². The molecule has 18 heavy (non-hydrogen) atoms. The lowest BCUT2D eigenvalue weighted by molar-refractivity contribution is -0.145. The first-order valence-electron chi connectivity index (χ1n) is 4.51. The van der Waals surface area contributed by atoms with Crippen LogP contribution in [0.2, 0.25) is 0 Å². The number of hydrogen-bond donors (Lipinski definition) is 1. The van der Waals surface area contributed by atoms with Crippen molar-refractivity contribution in [2.24, 2.45) is 0 Å². The quantitative estimate of drug-likeness (QED) is 0.848. The van der Waals surface area contributed by atoms with Gasteiger partial charge in [0.2, 0.25) is 0 Å². The Morgan fingerprint density at radius 1 is 1.22 bits per heavy atom. The fraction of sp³-hybridized carbons (Fsp3) is 0.300. The third-order valence-electron chi connectivity index (χ3n) is 2.06. The summed E-state index contributed by atoms with van der Waals surface area (Å²) < 4.78 is 63.8. The van der Waals surface area contributed by atoms with Crippen LogP contribution in [0.1, 0.15) is 17.5 Å². The summed E-state index contributed by atoms with van der Waals surface area (Å²) in [4.78, 5) is 10.3. The summed E-state index contributed by atoms with van der Waals surface area (Å²) in [5.74, 6) is -5.68. The highest BCUT2D eigenvalue weighted by Gasteiger charge is 2.39. The summed E-state index contributed by atoms with van der Waals surface area (Å²) in [6.07, 6.45) is -6.35. The van der Waals surface area contributed by atoms with Gasteiger partial charge in [-0.05, 0) is 18.2 Å². The molecule has 0 aliphatic heterocycles. The molecule has 0 fully saturated rings. The van der Waals surface area contributed by atoms with Crippen molar-refractivity contribution in [2.75, 3.05) is 0 Å². The van der Waals surface area contributed by atoms with E-state index >= 15 is 0 Å². The summed E-state index contributed by atoms with van der Waals surface area (Å²) in [6.45, 7) is 0. The fourth-order valence-corrected chi connectivity index (χ4v) is 1.80. The zero-order valence-corrected chi connectivity index (χ0v) is 10.1. The molecule has 0 heterocycles. The number of benzene rings is 1. The van der Waals surface area contributed by atoms with Crippen LogP contribution in [0.4, 0.5) is 22.0 Å². The van der Waals surface area contributed by atoms with Gasteiger partial charge in [0.25, 0.3) is 5.92 Å². The lowest BCUT2D eigenvalue weighted by Crippen LogP contribution is -2.20. The predicted molar refractivity (Wildman–Crippen MR) is 55.3 cm³/mol. The van der Waals surface area contributed by atoms with Gasteiger partial charge in [0.05, 0.1) is 5.56 Å². The smallest absolute Gasteiger partial charge is 0.416 e. The normalized spacial score (nSPS) is 12.6. The van der Waals surface area contributed by atoms with Crippen LogP contribution in [0, 0.1) is 0 Å². The van der Waals surface area contributed by atoms with Crippen LogP contribution in [0.3, 0.4) is 0 Å². The van der Waals surface area contributed by atoms with E-state index in [-0.39, 0.29) is 10.5 Å². The van der Waals surface area contributed by atoms with Crippen LogP contribution in [-0.2, 0) is 16.9 Å². The van der Waals surface area contributed by atoms with Gasteiger partial charge in [-0.15, -0.1) is 0 Å². The number of halogens is 6. The van der Waals surface area contributed by atoms with Gasteiger partial charge >= 0.3 is 12.1 Å². The van der Waals surface area contributed by atoms with E-state index in [2.05, 4.69) is 15.9 Å². The van der Waals surface area contributed by atoms with E-state index in [9.17, 15) is 26.7 Å². The summed E-state index contributed by atoms with van der Waals surface area (Å²) >= 11 is 2.68. The van der Waals surface area contributed by atoms with Gasteiger partial charge in [-0.1, -0.05) is 15.9 Å². The monoisotopic (exact) mass is 332 g/mol. The SMILES string of the molecule is O=C(O)CC(F)(F)c1cc(C(F)(F)F)ccc1Br. The minimum Gasteiger partial charge on any atom is -0.481 e. The van der Waals surface area contributed by atoms with Crippen LogP contribution in [0.25, 0.3) is 0 Å². The van der Waals surface area contributed by atoms with Crippen molar-refractivity contribution in [1.29, 1.82) is 0 Å². The van der Waals surface area contributed by atoms with E-state index < -0.39 is 35.6 Å². The molecule has 1 N–H and O–H groups in total. The standard InChI is InChI=1S/C10H6BrF5O2/c11-7-2-1-5(10(14,15)16)3-6(7)9(12,13)4-8(17)18/h1-3H,4H2,(H,17,18). The number of alkyl halides is 5. The van der Waals surface area contributed by atoms with E-state index in [1.165, 1.54) is 0 Å². The molecule has 0 aromatic heterocycles. The van der Waals surface area contributed by atoms with E-state index in [0.29, 0.717) is 6.07 Å². The average Bonchev–Trinajstić information content (AvgIpc) is 2.13. The minimum absolute atomic E-state index is 0.243. The molecular weight excluding hydrogens is 327 g/mol. The van der Waals surface area contributed by atoms with Crippen LogP contribution >= 0.6 is 15.9 Å². The molecule has 0 saturated heterocycles. The first kappa shape index (κ1) is 14.9. The van der Waals surface area contributed by atoms with Gasteiger partial charge in [-0.25, -0.2) is 8.78 Å². The molecular formula is C10H6BrF5O2. The Kier molecular flexibility index (Phi) is 3.99.